The molecule has 0 bridgehead atoms. The van der Waals surface area contributed by atoms with Gasteiger partial charge in [0.15, 0.2) is 0 Å². The maximum absolute atomic E-state index is 11.7. The Bertz CT molecular complexity index is 420. The van der Waals surface area contributed by atoms with Crippen LogP contribution in [0.3, 0.4) is 0 Å². The molecule has 0 heterocycles. The molecule has 1 rings (SSSR count). The second-order valence-electron chi connectivity index (χ2n) is 4.69. The van der Waals surface area contributed by atoms with Crippen LogP contribution in [0.15, 0.2) is 30.3 Å². The first kappa shape index (κ1) is 16.2. The van der Waals surface area contributed by atoms with Crippen LogP contribution in [0.25, 0.3) is 0 Å². The smallest absolute Gasteiger partial charge is 0.304 e. The van der Waals surface area contributed by atoms with E-state index in [0.29, 0.717) is 19.6 Å². The van der Waals surface area contributed by atoms with Gasteiger partial charge in [-0.05, 0) is 12.0 Å². The summed E-state index contributed by atoms with van der Waals surface area (Å²) in [4.78, 5) is 24.3. The monoisotopic (exact) mass is 278 g/mol. The van der Waals surface area contributed by atoms with Gasteiger partial charge in [-0.3, -0.25) is 14.5 Å². The highest BCUT2D eigenvalue weighted by Crippen LogP contribution is 2.05. The molecule has 0 aliphatic carbocycles. The van der Waals surface area contributed by atoms with E-state index in [1.165, 1.54) is 0 Å². The Morgan fingerprint density at radius 2 is 1.95 bits per heavy atom. The summed E-state index contributed by atoms with van der Waals surface area (Å²) in [7, 11) is 0. The predicted molar refractivity (Wildman–Crippen MR) is 77.3 cm³/mol. The van der Waals surface area contributed by atoms with E-state index < -0.39 is 5.97 Å². The quantitative estimate of drug-likeness (QED) is 0.718. The number of hydrogen-bond donors (Lipinski definition) is 2. The SMILES string of the molecule is CCCNC(=O)CN(CCC(=O)O)Cc1ccccc1. The first-order valence-corrected chi connectivity index (χ1v) is 6.86. The van der Waals surface area contributed by atoms with Crippen molar-refractivity contribution < 1.29 is 14.7 Å². The summed E-state index contributed by atoms with van der Waals surface area (Å²) in [6.45, 7) is 3.81. The van der Waals surface area contributed by atoms with Gasteiger partial charge in [-0.15, -0.1) is 0 Å². The standard InChI is InChI=1S/C15H22N2O3/c1-2-9-16-14(18)12-17(10-8-15(19)20)11-13-6-4-3-5-7-13/h3-7H,2,8-12H2,1H3,(H,16,18)(H,19,20). The fourth-order valence-electron chi connectivity index (χ4n) is 1.83. The Hall–Kier alpha value is -1.88. The van der Waals surface area contributed by atoms with Gasteiger partial charge in [0.2, 0.25) is 5.91 Å². The van der Waals surface area contributed by atoms with Crippen molar-refractivity contribution in [3.63, 3.8) is 0 Å². The Morgan fingerprint density at radius 3 is 2.55 bits per heavy atom. The lowest BCUT2D eigenvalue weighted by atomic mass is 10.2. The number of carbonyl (C=O) groups is 2. The summed E-state index contributed by atoms with van der Waals surface area (Å²) in [5.74, 6) is -0.912. The molecule has 0 aliphatic heterocycles. The molecule has 0 aliphatic rings. The molecular weight excluding hydrogens is 256 g/mol. The van der Waals surface area contributed by atoms with Crippen LogP contribution in [0.1, 0.15) is 25.3 Å². The molecule has 0 fully saturated rings. The van der Waals surface area contributed by atoms with Crippen LogP contribution in [0.4, 0.5) is 0 Å². The molecule has 0 atom stereocenters. The number of carbonyl (C=O) groups excluding carboxylic acids is 1. The fraction of sp³-hybridized carbons (Fsp3) is 0.467. The minimum Gasteiger partial charge on any atom is -0.481 e. The summed E-state index contributed by atoms with van der Waals surface area (Å²) >= 11 is 0. The minimum atomic E-state index is -0.850. The van der Waals surface area contributed by atoms with Crippen LogP contribution in [0.2, 0.25) is 0 Å². The maximum atomic E-state index is 11.7. The van der Waals surface area contributed by atoms with Crippen LogP contribution < -0.4 is 5.32 Å². The van der Waals surface area contributed by atoms with Crippen molar-refractivity contribution in [3.05, 3.63) is 35.9 Å². The zero-order chi connectivity index (χ0) is 14.8. The highest BCUT2D eigenvalue weighted by Gasteiger charge is 2.12. The lowest BCUT2D eigenvalue weighted by Crippen LogP contribution is -2.38. The largest absolute Gasteiger partial charge is 0.481 e. The molecule has 1 amide bonds. The number of carboxylic acids is 1. The van der Waals surface area contributed by atoms with Crippen LogP contribution >= 0.6 is 0 Å². The van der Waals surface area contributed by atoms with E-state index in [2.05, 4.69) is 5.32 Å². The van der Waals surface area contributed by atoms with Gasteiger partial charge in [0.05, 0.1) is 13.0 Å². The highest BCUT2D eigenvalue weighted by molar-refractivity contribution is 5.78. The first-order chi connectivity index (χ1) is 9.61. The number of hydrogen-bond acceptors (Lipinski definition) is 3. The van der Waals surface area contributed by atoms with Gasteiger partial charge in [-0.25, -0.2) is 0 Å². The Labute approximate surface area is 119 Å². The molecule has 1 aromatic carbocycles. The minimum absolute atomic E-state index is 0.0356. The predicted octanol–water partition coefficient (Wildman–Crippen LogP) is 1.49. The van der Waals surface area contributed by atoms with Crippen LogP contribution in [-0.4, -0.2) is 41.5 Å². The number of carboxylic acid groups (broad SMARTS) is 1. The molecule has 5 heteroatoms. The fourth-order valence-corrected chi connectivity index (χ4v) is 1.83. The van der Waals surface area contributed by atoms with Crippen molar-refractivity contribution in [2.24, 2.45) is 0 Å². The Morgan fingerprint density at radius 1 is 1.25 bits per heavy atom. The molecule has 0 saturated carbocycles. The van der Waals surface area contributed by atoms with Crippen molar-refractivity contribution in [2.45, 2.75) is 26.3 Å². The lowest BCUT2D eigenvalue weighted by molar-refractivity contribution is -0.137. The van der Waals surface area contributed by atoms with Crippen LogP contribution in [-0.2, 0) is 16.1 Å². The third-order valence-corrected chi connectivity index (χ3v) is 2.83. The molecule has 0 aromatic heterocycles. The molecule has 20 heavy (non-hydrogen) atoms. The van der Waals surface area contributed by atoms with Crippen molar-refractivity contribution in [1.82, 2.24) is 10.2 Å². The third-order valence-electron chi connectivity index (χ3n) is 2.83. The van der Waals surface area contributed by atoms with Crippen LogP contribution in [0.5, 0.6) is 0 Å². The van der Waals surface area contributed by atoms with E-state index in [4.69, 9.17) is 5.11 Å². The molecule has 0 radical (unpaired) electrons. The van der Waals surface area contributed by atoms with Gasteiger partial charge in [-0.2, -0.15) is 0 Å². The first-order valence-electron chi connectivity index (χ1n) is 6.86. The Balaban J connectivity index is 2.55. The molecule has 110 valence electrons. The second kappa shape index (κ2) is 9.09. The van der Waals surface area contributed by atoms with E-state index in [-0.39, 0.29) is 18.9 Å². The van der Waals surface area contributed by atoms with Crippen molar-refractivity contribution in [2.75, 3.05) is 19.6 Å². The average molecular weight is 278 g/mol. The van der Waals surface area contributed by atoms with E-state index >= 15 is 0 Å². The van der Waals surface area contributed by atoms with E-state index in [1.54, 1.807) is 0 Å². The zero-order valence-electron chi connectivity index (χ0n) is 11.8. The van der Waals surface area contributed by atoms with Gasteiger partial charge in [0, 0.05) is 19.6 Å². The number of rotatable bonds is 9. The van der Waals surface area contributed by atoms with Crippen molar-refractivity contribution >= 4 is 11.9 Å². The highest BCUT2D eigenvalue weighted by atomic mass is 16.4. The van der Waals surface area contributed by atoms with E-state index in [9.17, 15) is 9.59 Å². The number of aliphatic carboxylic acids is 1. The normalized spacial score (nSPS) is 10.5. The second-order valence-corrected chi connectivity index (χ2v) is 4.69. The summed E-state index contributed by atoms with van der Waals surface area (Å²) < 4.78 is 0. The number of amides is 1. The molecule has 0 saturated heterocycles. The molecule has 0 spiro atoms. The maximum Gasteiger partial charge on any atom is 0.304 e. The number of nitrogens with one attached hydrogen (secondary N) is 1. The molecule has 0 unspecified atom stereocenters. The summed E-state index contributed by atoms with van der Waals surface area (Å²) in [6, 6.07) is 9.73. The van der Waals surface area contributed by atoms with Gasteiger partial charge in [0.25, 0.3) is 0 Å². The third kappa shape index (κ3) is 6.89. The average Bonchev–Trinajstić information content (AvgIpc) is 2.43. The van der Waals surface area contributed by atoms with E-state index in [1.807, 2.05) is 42.2 Å². The zero-order valence-corrected chi connectivity index (χ0v) is 11.8. The summed E-state index contributed by atoms with van der Waals surface area (Å²) in [5.41, 5.74) is 1.07. The number of benzene rings is 1. The van der Waals surface area contributed by atoms with Crippen LogP contribution in [0, 0.1) is 0 Å². The molecule has 2 N–H and O–H groups in total. The Kier molecular flexibility index (Phi) is 7.35. The van der Waals surface area contributed by atoms with Gasteiger partial charge in [-0.1, -0.05) is 37.3 Å². The molecule has 5 nitrogen and oxygen atoms in total. The topological polar surface area (TPSA) is 69.6 Å². The van der Waals surface area contributed by atoms with Gasteiger partial charge >= 0.3 is 5.97 Å². The summed E-state index contributed by atoms with van der Waals surface area (Å²) in [6.07, 6.45) is 0.924. The summed E-state index contributed by atoms with van der Waals surface area (Å²) in [5, 5.41) is 11.6. The molecule has 1 aromatic rings. The van der Waals surface area contributed by atoms with E-state index in [0.717, 1.165) is 12.0 Å². The lowest BCUT2D eigenvalue weighted by Gasteiger charge is -2.21. The molecular formula is C15H22N2O3. The van der Waals surface area contributed by atoms with Gasteiger partial charge in [0.1, 0.15) is 0 Å². The number of nitrogens with zero attached hydrogens (tertiary/aromatic N) is 1. The van der Waals surface area contributed by atoms with Crippen molar-refractivity contribution in [1.29, 1.82) is 0 Å². The van der Waals surface area contributed by atoms with Gasteiger partial charge < -0.3 is 10.4 Å². The van der Waals surface area contributed by atoms with Crippen molar-refractivity contribution in [3.8, 4) is 0 Å².